The van der Waals surface area contributed by atoms with E-state index in [0.29, 0.717) is 12.4 Å². The van der Waals surface area contributed by atoms with E-state index in [1.54, 1.807) is 0 Å². The van der Waals surface area contributed by atoms with E-state index >= 15 is 0 Å². The van der Waals surface area contributed by atoms with Gasteiger partial charge >= 0.3 is 0 Å². The van der Waals surface area contributed by atoms with E-state index in [2.05, 4.69) is 0 Å². The Kier molecular flexibility index (Phi) is 2.10. The van der Waals surface area contributed by atoms with Gasteiger partial charge in [0.15, 0.2) is 11.6 Å². The first-order chi connectivity index (χ1) is 6.61. The molecule has 1 aliphatic heterocycles. The van der Waals surface area contributed by atoms with Crippen molar-refractivity contribution < 1.29 is 9.13 Å². The molecule has 1 aliphatic rings. The predicted octanol–water partition coefficient (Wildman–Crippen LogP) is 2.27. The molecule has 1 heterocycles. The number of rotatable bonds is 0. The number of anilines is 1. The van der Waals surface area contributed by atoms with Crippen LogP contribution in [0.5, 0.6) is 5.75 Å². The summed E-state index contributed by atoms with van der Waals surface area (Å²) in [6.45, 7) is 5.29. The molecule has 0 bridgehead atoms. The molecule has 0 spiro atoms. The fourth-order valence-corrected chi connectivity index (χ4v) is 1.83. The molecule has 0 unspecified atom stereocenters. The van der Waals surface area contributed by atoms with Crippen molar-refractivity contribution in [1.29, 1.82) is 0 Å². The van der Waals surface area contributed by atoms with Crippen molar-refractivity contribution in [2.75, 3.05) is 25.1 Å². The molecule has 0 fully saturated rings. The highest BCUT2D eigenvalue weighted by Crippen LogP contribution is 2.37. The highest BCUT2D eigenvalue weighted by atomic mass is 19.1. The number of aryl methyl sites for hydroxylation is 1. The molecule has 2 rings (SSSR count). The van der Waals surface area contributed by atoms with E-state index in [1.807, 2.05) is 25.8 Å². The molecule has 3 heteroatoms. The van der Waals surface area contributed by atoms with Gasteiger partial charge in [-0.1, -0.05) is 0 Å². The highest BCUT2D eigenvalue weighted by molar-refractivity contribution is 5.66. The maximum Gasteiger partial charge on any atom is 0.178 e. The van der Waals surface area contributed by atoms with E-state index in [9.17, 15) is 4.39 Å². The number of halogens is 1. The molecule has 0 N–H and O–H groups in total. The molecular weight excluding hydrogens is 181 g/mol. The lowest BCUT2D eigenvalue weighted by Crippen LogP contribution is -2.30. The van der Waals surface area contributed by atoms with E-state index in [0.717, 1.165) is 23.4 Å². The smallest absolute Gasteiger partial charge is 0.178 e. The van der Waals surface area contributed by atoms with Gasteiger partial charge in [-0.3, -0.25) is 0 Å². The fraction of sp³-hybridized carbons (Fsp3) is 0.455. The average Bonchev–Trinajstić information content (AvgIpc) is 2.14. The second-order valence-corrected chi connectivity index (χ2v) is 3.75. The Balaban J connectivity index is 2.67. The van der Waals surface area contributed by atoms with Gasteiger partial charge in [0.1, 0.15) is 6.61 Å². The Hall–Kier alpha value is -1.25. The summed E-state index contributed by atoms with van der Waals surface area (Å²) in [5, 5.41) is 0. The molecule has 0 aromatic heterocycles. The lowest BCUT2D eigenvalue weighted by molar-refractivity contribution is 0.294. The molecule has 0 saturated heterocycles. The molecule has 1 aromatic carbocycles. The van der Waals surface area contributed by atoms with Gasteiger partial charge in [0, 0.05) is 7.05 Å². The summed E-state index contributed by atoms with van der Waals surface area (Å²) >= 11 is 0. The first-order valence-electron chi connectivity index (χ1n) is 4.75. The molecule has 0 saturated carbocycles. The maximum absolute atomic E-state index is 13.5. The summed E-state index contributed by atoms with van der Waals surface area (Å²) in [5.74, 6) is 0.150. The first-order valence-corrected chi connectivity index (χ1v) is 4.75. The molecule has 1 aromatic rings. The van der Waals surface area contributed by atoms with Gasteiger partial charge in [0.25, 0.3) is 0 Å². The van der Waals surface area contributed by atoms with Crippen LogP contribution in [0.4, 0.5) is 10.1 Å². The minimum absolute atomic E-state index is 0.255. The number of nitrogens with zero attached hydrogens (tertiary/aromatic N) is 1. The van der Waals surface area contributed by atoms with Crippen LogP contribution >= 0.6 is 0 Å². The normalized spacial score (nSPS) is 15.0. The van der Waals surface area contributed by atoms with Crippen molar-refractivity contribution in [3.63, 3.8) is 0 Å². The summed E-state index contributed by atoms with van der Waals surface area (Å²) in [6, 6.07) is 1.54. The first kappa shape index (κ1) is 9.31. The van der Waals surface area contributed by atoms with Crippen LogP contribution in [0.15, 0.2) is 6.07 Å². The zero-order valence-corrected chi connectivity index (χ0v) is 8.72. The third-order valence-electron chi connectivity index (χ3n) is 2.78. The number of ether oxygens (including phenoxy) is 1. The van der Waals surface area contributed by atoms with Crippen LogP contribution in [0.3, 0.4) is 0 Å². The maximum atomic E-state index is 13.5. The van der Waals surface area contributed by atoms with Crippen molar-refractivity contribution in [1.82, 2.24) is 0 Å². The van der Waals surface area contributed by atoms with Crippen LogP contribution in [-0.2, 0) is 0 Å². The predicted molar refractivity (Wildman–Crippen MR) is 54.6 cm³/mol. The largest absolute Gasteiger partial charge is 0.486 e. The zero-order chi connectivity index (χ0) is 10.3. The topological polar surface area (TPSA) is 12.5 Å². The van der Waals surface area contributed by atoms with Crippen molar-refractivity contribution in [3.05, 3.63) is 23.0 Å². The molecule has 14 heavy (non-hydrogen) atoms. The summed E-state index contributed by atoms with van der Waals surface area (Å²) in [6.07, 6.45) is 0. The van der Waals surface area contributed by atoms with Gasteiger partial charge in [-0.25, -0.2) is 4.39 Å². The van der Waals surface area contributed by atoms with Crippen LogP contribution < -0.4 is 9.64 Å². The molecule has 76 valence electrons. The van der Waals surface area contributed by atoms with Crippen molar-refractivity contribution in [2.45, 2.75) is 13.8 Å². The van der Waals surface area contributed by atoms with Crippen molar-refractivity contribution in [2.24, 2.45) is 0 Å². The van der Waals surface area contributed by atoms with E-state index < -0.39 is 0 Å². The highest BCUT2D eigenvalue weighted by Gasteiger charge is 2.22. The third kappa shape index (κ3) is 1.24. The molecule has 0 radical (unpaired) electrons. The Labute approximate surface area is 83.3 Å². The Morgan fingerprint density at radius 3 is 2.86 bits per heavy atom. The van der Waals surface area contributed by atoms with Crippen LogP contribution in [0.25, 0.3) is 0 Å². The molecule has 0 atom stereocenters. The standard InChI is InChI=1S/C11H14FNO/c1-7-6-9(12)11-10(8(7)2)13(3)4-5-14-11/h6H,4-5H2,1-3H3. The van der Waals surface area contributed by atoms with Gasteiger partial charge in [-0.15, -0.1) is 0 Å². The van der Waals surface area contributed by atoms with Crippen molar-refractivity contribution in [3.8, 4) is 5.75 Å². The van der Waals surface area contributed by atoms with Crippen molar-refractivity contribution >= 4 is 5.69 Å². The van der Waals surface area contributed by atoms with Crippen LogP contribution in [0, 0.1) is 19.7 Å². The fourth-order valence-electron chi connectivity index (χ4n) is 1.83. The van der Waals surface area contributed by atoms with E-state index in [-0.39, 0.29) is 5.82 Å². The molecule has 0 aliphatic carbocycles. The summed E-state index contributed by atoms with van der Waals surface area (Å²) in [7, 11) is 1.97. The van der Waals surface area contributed by atoms with Crippen LogP contribution in [0.1, 0.15) is 11.1 Å². The van der Waals surface area contributed by atoms with E-state index in [4.69, 9.17) is 4.74 Å². The Morgan fingerprint density at radius 2 is 2.14 bits per heavy atom. The Bertz CT molecular complexity index is 376. The number of likely N-dealkylation sites (N-methyl/N-ethyl adjacent to an activating group) is 1. The van der Waals surface area contributed by atoms with E-state index in [1.165, 1.54) is 6.07 Å². The molecular formula is C11H14FNO. The Morgan fingerprint density at radius 1 is 1.43 bits per heavy atom. The summed E-state index contributed by atoms with van der Waals surface area (Å²) < 4.78 is 18.9. The average molecular weight is 195 g/mol. The monoisotopic (exact) mass is 195 g/mol. The number of fused-ring (bicyclic) bond motifs is 1. The van der Waals surface area contributed by atoms with Gasteiger partial charge < -0.3 is 9.64 Å². The number of hydrogen-bond acceptors (Lipinski definition) is 2. The third-order valence-corrected chi connectivity index (χ3v) is 2.78. The second-order valence-electron chi connectivity index (χ2n) is 3.75. The number of benzene rings is 1. The number of hydrogen-bond donors (Lipinski definition) is 0. The van der Waals surface area contributed by atoms with Gasteiger partial charge in [0.2, 0.25) is 0 Å². The lowest BCUT2D eigenvalue weighted by Gasteiger charge is -2.30. The second kappa shape index (κ2) is 3.15. The summed E-state index contributed by atoms with van der Waals surface area (Å²) in [4.78, 5) is 2.05. The van der Waals surface area contributed by atoms with Crippen LogP contribution in [-0.4, -0.2) is 20.2 Å². The summed E-state index contributed by atoms with van der Waals surface area (Å²) in [5.41, 5.74) is 2.97. The SMILES string of the molecule is Cc1cc(F)c2c(c1C)N(C)CCO2. The molecule has 2 nitrogen and oxygen atoms in total. The van der Waals surface area contributed by atoms with Crippen LogP contribution in [0.2, 0.25) is 0 Å². The van der Waals surface area contributed by atoms with Gasteiger partial charge in [0.05, 0.1) is 12.2 Å². The zero-order valence-electron chi connectivity index (χ0n) is 8.72. The minimum atomic E-state index is -0.255. The molecule has 0 amide bonds. The minimum Gasteiger partial charge on any atom is -0.486 e. The van der Waals surface area contributed by atoms with Gasteiger partial charge in [-0.05, 0) is 31.0 Å². The lowest BCUT2D eigenvalue weighted by atomic mass is 10.1. The van der Waals surface area contributed by atoms with Gasteiger partial charge in [-0.2, -0.15) is 0 Å². The quantitative estimate of drug-likeness (QED) is 0.629.